The Bertz CT molecular complexity index is 567. The Labute approximate surface area is 120 Å². The molecule has 0 spiro atoms. The Balaban J connectivity index is 2.68. The normalized spacial score (nSPS) is 11.4. The lowest BCUT2D eigenvalue weighted by molar-refractivity contribution is 0.637. The van der Waals surface area contributed by atoms with Gasteiger partial charge in [-0.3, -0.25) is 4.98 Å². The van der Waals surface area contributed by atoms with Crippen LogP contribution in [0.4, 0.5) is 5.69 Å². The summed E-state index contributed by atoms with van der Waals surface area (Å²) < 4.78 is 1.09. The summed E-state index contributed by atoms with van der Waals surface area (Å²) in [6.45, 7) is 4.33. The van der Waals surface area contributed by atoms with E-state index in [1.807, 2.05) is 18.2 Å². The first kappa shape index (κ1) is 12.9. The highest BCUT2D eigenvalue weighted by Crippen LogP contribution is 2.31. The number of hydrogen-bond donors (Lipinski definition) is 1. The van der Waals surface area contributed by atoms with Crippen LogP contribution < -0.4 is 5.73 Å². The summed E-state index contributed by atoms with van der Waals surface area (Å²) in [4.78, 5) is 4.62. The molecule has 0 saturated carbocycles. The summed E-state index contributed by atoms with van der Waals surface area (Å²) in [6, 6.07) is 5.80. The van der Waals surface area contributed by atoms with Crippen LogP contribution in [0, 0.1) is 9.49 Å². The quantitative estimate of drug-likeness (QED) is 0.812. The van der Waals surface area contributed by atoms with Crippen LogP contribution >= 0.6 is 34.2 Å². The van der Waals surface area contributed by atoms with Crippen LogP contribution in [0.15, 0.2) is 18.2 Å². The smallest absolute Gasteiger partial charge is 0.0922 e. The van der Waals surface area contributed by atoms with Crippen molar-refractivity contribution in [2.75, 3.05) is 5.73 Å². The lowest BCUT2D eigenvalue weighted by atomic mass is 10.1. The van der Waals surface area contributed by atoms with Crippen molar-refractivity contribution in [3.05, 3.63) is 32.5 Å². The number of nitrogen functional groups attached to an aromatic ring is 1. The molecule has 0 aliphatic rings. The Kier molecular flexibility index (Phi) is 3.78. The van der Waals surface area contributed by atoms with E-state index < -0.39 is 0 Å². The van der Waals surface area contributed by atoms with Crippen molar-refractivity contribution in [1.29, 1.82) is 0 Å². The Morgan fingerprint density at radius 2 is 2.12 bits per heavy atom. The third-order valence-corrected chi connectivity index (χ3v) is 3.77. The molecule has 2 nitrogen and oxygen atoms in total. The molecule has 17 heavy (non-hydrogen) atoms. The number of aromatic nitrogens is 1. The molecule has 1 heterocycles. The third-order valence-electron chi connectivity index (χ3n) is 2.56. The molecule has 0 aliphatic carbocycles. The van der Waals surface area contributed by atoms with Crippen molar-refractivity contribution < 1.29 is 0 Å². The van der Waals surface area contributed by atoms with Gasteiger partial charge in [-0.1, -0.05) is 25.4 Å². The van der Waals surface area contributed by atoms with Crippen LogP contribution in [0.2, 0.25) is 5.02 Å². The zero-order valence-electron chi connectivity index (χ0n) is 9.80. The molecule has 0 unspecified atom stereocenters. The van der Waals surface area contributed by atoms with Crippen molar-refractivity contribution in [1.82, 2.24) is 4.98 Å². The number of fused-ring (bicyclic) bond motifs is 1. The summed E-state index contributed by atoms with van der Waals surface area (Å²) in [5, 5.41) is 1.63. The number of benzene rings is 1. The fraction of sp³-hybridized carbons (Fsp3) is 0.308. The minimum absolute atomic E-state index is 0.556. The molecule has 0 saturated heterocycles. The van der Waals surface area contributed by atoms with E-state index in [0.29, 0.717) is 10.9 Å². The zero-order chi connectivity index (χ0) is 12.6. The van der Waals surface area contributed by atoms with E-state index in [1.54, 1.807) is 0 Å². The number of nitrogens with two attached hydrogens (primary N) is 1. The maximum atomic E-state index is 6.19. The van der Waals surface area contributed by atoms with Crippen LogP contribution in [-0.2, 0) is 6.42 Å². The minimum atomic E-state index is 0.556. The van der Waals surface area contributed by atoms with Crippen molar-refractivity contribution in [2.24, 2.45) is 5.92 Å². The Morgan fingerprint density at radius 3 is 2.76 bits per heavy atom. The summed E-state index contributed by atoms with van der Waals surface area (Å²) >= 11 is 8.45. The minimum Gasteiger partial charge on any atom is -0.398 e. The molecule has 2 N–H and O–H groups in total. The first-order chi connectivity index (χ1) is 7.99. The molecule has 1 aromatic heterocycles. The van der Waals surface area contributed by atoms with Crippen molar-refractivity contribution in [3.8, 4) is 0 Å². The number of anilines is 1. The number of nitrogens with zero attached hydrogens (tertiary/aromatic N) is 1. The van der Waals surface area contributed by atoms with E-state index >= 15 is 0 Å². The Hall–Kier alpha value is -0.550. The zero-order valence-corrected chi connectivity index (χ0v) is 12.7. The average Bonchev–Trinajstić information content (AvgIpc) is 2.22. The predicted molar refractivity (Wildman–Crippen MR) is 82.4 cm³/mol. The Morgan fingerprint density at radius 1 is 1.41 bits per heavy atom. The molecule has 0 radical (unpaired) electrons. The van der Waals surface area contributed by atoms with Crippen molar-refractivity contribution >= 4 is 50.8 Å². The highest BCUT2D eigenvalue weighted by molar-refractivity contribution is 14.1. The van der Waals surface area contributed by atoms with Gasteiger partial charge in [0.05, 0.1) is 10.5 Å². The molecule has 1 aromatic carbocycles. The lowest BCUT2D eigenvalue weighted by Gasteiger charge is -2.10. The fourth-order valence-corrected chi connectivity index (χ4v) is 2.82. The van der Waals surface area contributed by atoms with Crippen molar-refractivity contribution in [2.45, 2.75) is 20.3 Å². The molecule has 2 rings (SSSR count). The molecule has 2 aromatic rings. The molecule has 4 heteroatoms. The van der Waals surface area contributed by atoms with Crippen LogP contribution in [-0.4, -0.2) is 4.98 Å². The van der Waals surface area contributed by atoms with Gasteiger partial charge in [-0.25, -0.2) is 0 Å². The van der Waals surface area contributed by atoms with Crippen LogP contribution in [0.5, 0.6) is 0 Å². The molecular formula is C13H14ClIN2. The SMILES string of the molecule is CC(C)Cc1cc(N)c2c(I)ccc(Cl)c2n1. The van der Waals surface area contributed by atoms with Gasteiger partial charge >= 0.3 is 0 Å². The molecule has 0 bridgehead atoms. The van der Waals surface area contributed by atoms with E-state index in [1.165, 1.54) is 0 Å². The second-order valence-corrected chi connectivity index (χ2v) is 6.12. The summed E-state index contributed by atoms with van der Waals surface area (Å²) in [7, 11) is 0. The van der Waals surface area contributed by atoms with Crippen molar-refractivity contribution in [3.63, 3.8) is 0 Å². The van der Waals surface area contributed by atoms with Gasteiger partial charge < -0.3 is 5.73 Å². The monoisotopic (exact) mass is 360 g/mol. The van der Waals surface area contributed by atoms with Gasteiger partial charge in [0.15, 0.2) is 0 Å². The van der Waals surface area contributed by atoms with E-state index in [0.717, 1.165) is 32.3 Å². The number of halogens is 2. The maximum Gasteiger partial charge on any atom is 0.0922 e. The van der Waals surface area contributed by atoms with Crippen LogP contribution in [0.1, 0.15) is 19.5 Å². The molecule has 0 amide bonds. The van der Waals surface area contributed by atoms with Gasteiger partial charge in [0.25, 0.3) is 0 Å². The van der Waals surface area contributed by atoms with Crippen LogP contribution in [0.3, 0.4) is 0 Å². The summed E-state index contributed by atoms with van der Waals surface area (Å²) in [5.41, 5.74) is 8.68. The van der Waals surface area contributed by atoms with E-state index in [-0.39, 0.29) is 0 Å². The van der Waals surface area contributed by atoms with Gasteiger partial charge in [0.1, 0.15) is 0 Å². The summed E-state index contributed by atoms with van der Waals surface area (Å²) in [5.74, 6) is 0.556. The topological polar surface area (TPSA) is 38.9 Å². The number of hydrogen-bond acceptors (Lipinski definition) is 2. The first-order valence-corrected chi connectivity index (χ1v) is 6.98. The number of rotatable bonds is 2. The highest BCUT2D eigenvalue weighted by atomic mass is 127. The predicted octanol–water partition coefficient (Wildman–Crippen LogP) is 4.27. The lowest BCUT2D eigenvalue weighted by Crippen LogP contribution is -2.01. The number of pyridine rings is 1. The van der Waals surface area contributed by atoms with E-state index in [2.05, 4.69) is 41.4 Å². The van der Waals surface area contributed by atoms with E-state index in [4.69, 9.17) is 17.3 Å². The average molecular weight is 361 g/mol. The second-order valence-electron chi connectivity index (χ2n) is 4.55. The maximum absolute atomic E-state index is 6.19. The van der Waals surface area contributed by atoms with Gasteiger partial charge in [-0.05, 0) is 53.1 Å². The molecule has 0 atom stereocenters. The third kappa shape index (κ3) is 2.65. The fourth-order valence-electron chi connectivity index (χ4n) is 1.88. The van der Waals surface area contributed by atoms with Gasteiger partial charge in [0, 0.05) is 20.3 Å². The molecule has 0 fully saturated rings. The highest BCUT2D eigenvalue weighted by Gasteiger charge is 2.10. The van der Waals surface area contributed by atoms with Crippen LogP contribution in [0.25, 0.3) is 10.9 Å². The van der Waals surface area contributed by atoms with E-state index in [9.17, 15) is 0 Å². The summed E-state index contributed by atoms with van der Waals surface area (Å²) in [6.07, 6.45) is 0.919. The van der Waals surface area contributed by atoms with Gasteiger partial charge in [0.2, 0.25) is 0 Å². The first-order valence-electron chi connectivity index (χ1n) is 5.52. The molecular weight excluding hydrogens is 347 g/mol. The largest absolute Gasteiger partial charge is 0.398 e. The second kappa shape index (κ2) is 4.98. The standard InChI is InChI=1S/C13H14ClIN2/c1-7(2)5-8-6-11(16)12-10(15)4-3-9(14)13(12)17-8/h3-4,6-7H,5H2,1-2H3,(H2,16,17). The molecule has 90 valence electrons. The van der Waals surface area contributed by atoms with Gasteiger partial charge in [-0.15, -0.1) is 0 Å². The molecule has 0 aliphatic heterocycles. The van der Waals surface area contributed by atoms with Gasteiger partial charge in [-0.2, -0.15) is 0 Å².